The number of nitrogens with one attached hydrogen (secondary N) is 1. The van der Waals surface area contributed by atoms with Gasteiger partial charge in [-0.3, -0.25) is 14.0 Å². The summed E-state index contributed by atoms with van der Waals surface area (Å²) in [5.41, 5.74) is 0.802. The number of aromatic nitrogens is 5. The number of nitrogens with two attached hydrogens (primary N) is 1. The van der Waals surface area contributed by atoms with Gasteiger partial charge in [0.15, 0.2) is 0 Å². The Morgan fingerprint density at radius 3 is 2.45 bits per heavy atom. The minimum absolute atomic E-state index is 0.00328. The summed E-state index contributed by atoms with van der Waals surface area (Å²) < 4.78 is 25.3. The Bertz CT molecular complexity index is 1420. The van der Waals surface area contributed by atoms with Crippen LogP contribution in [0, 0.1) is 0 Å². The summed E-state index contributed by atoms with van der Waals surface area (Å²) in [5.74, 6) is 0. The lowest BCUT2D eigenvalue weighted by molar-refractivity contribution is 0.499. The second-order valence-corrected chi connectivity index (χ2v) is 7.93. The number of primary sulfonamides is 1. The largest absolute Gasteiger partial charge is 0.328 e. The number of hydrogen-bond donors (Lipinski definition) is 2. The first-order valence-corrected chi connectivity index (χ1v) is 10.1. The van der Waals surface area contributed by atoms with Crippen molar-refractivity contribution in [2.45, 2.75) is 18.0 Å². The van der Waals surface area contributed by atoms with E-state index in [0.29, 0.717) is 22.2 Å². The highest BCUT2D eigenvalue weighted by Crippen LogP contribution is 2.18. The molecule has 0 spiro atoms. The summed E-state index contributed by atoms with van der Waals surface area (Å²) in [4.78, 5) is 27.5. The van der Waals surface area contributed by atoms with Gasteiger partial charge in [0.1, 0.15) is 5.69 Å². The van der Waals surface area contributed by atoms with Crippen LogP contribution in [0.15, 0.2) is 69.2 Å². The molecule has 0 radical (unpaired) electrons. The van der Waals surface area contributed by atoms with Gasteiger partial charge in [-0.25, -0.2) is 18.4 Å². The van der Waals surface area contributed by atoms with Gasteiger partial charge in [-0.2, -0.15) is 0 Å². The van der Waals surface area contributed by atoms with E-state index in [1.165, 1.54) is 16.8 Å². The minimum atomic E-state index is -3.77. The molecule has 2 aromatic carbocycles. The number of sulfonamides is 1. The fraction of sp³-hybridized carbons (Fsp3) is 0.111. The highest BCUT2D eigenvalue weighted by Gasteiger charge is 2.11. The van der Waals surface area contributed by atoms with E-state index in [0.717, 1.165) is 4.57 Å². The summed E-state index contributed by atoms with van der Waals surface area (Å²) in [6.07, 6.45) is 1.65. The topological polar surface area (TPSA) is 146 Å². The highest BCUT2D eigenvalue weighted by molar-refractivity contribution is 7.89. The molecule has 11 heteroatoms. The van der Waals surface area contributed by atoms with Crippen molar-refractivity contribution in [3.8, 4) is 11.3 Å². The van der Waals surface area contributed by atoms with Crippen molar-refractivity contribution < 1.29 is 8.42 Å². The van der Waals surface area contributed by atoms with Crippen molar-refractivity contribution in [2.24, 2.45) is 5.14 Å². The van der Waals surface area contributed by atoms with Gasteiger partial charge in [0.2, 0.25) is 10.0 Å². The van der Waals surface area contributed by atoms with Crippen LogP contribution in [0.1, 0.15) is 0 Å². The number of H-pyrrole nitrogens is 1. The van der Waals surface area contributed by atoms with Gasteiger partial charge >= 0.3 is 5.69 Å². The average Bonchev–Trinajstić information content (AvgIpc) is 3.16. The second kappa shape index (κ2) is 7.11. The second-order valence-electron chi connectivity index (χ2n) is 6.37. The van der Waals surface area contributed by atoms with E-state index in [9.17, 15) is 18.0 Å². The van der Waals surface area contributed by atoms with Crippen LogP contribution in [0.4, 0.5) is 0 Å². The molecule has 0 saturated heterocycles. The first-order chi connectivity index (χ1) is 13.8. The van der Waals surface area contributed by atoms with E-state index in [4.69, 9.17) is 5.14 Å². The molecule has 0 aliphatic heterocycles. The number of benzene rings is 2. The third kappa shape index (κ3) is 3.73. The molecule has 0 unspecified atom stereocenters. The highest BCUT2D eigenvalue weighted by atomic mass is 32.2. The lowest BCUT2D eigenvalue weighted by Gasteiger charge is -2.06. The number of hydrogen-bond acceptors (Lipinski definition) is 6. The zero-order valence-electron chi connectivity index (χ0n) is 15.0. The van der Waals surface area contributed by atoms with Crippen LogP contribution in [0.2, 0.25) is 0 Å². The van der Waals surface area contributed by atoms with Crippen LogP contribution in [0.5, 0.6) is 0 Å². The Morgan fingerprint density at radius 2 is 1.72 bits per heavy atom. The Kier molecular flexibility index (Phi) is 4.60. The number of nitrogens with zero attached hydrogens (tertiary/aromatic N) is 4. The van der Waals surface area contributed by atoms with Gasteiger partial charge in [0.05, 0.1) is 35.1 Å². The van der Waals surface area contributed by atoms with Gasteiger partial charge in [-0.15, -0.1) is 5.10 Å². The third-order valence-corrected chi connectivity index (χ3v) is 5.39. The van der Waals surface area contributed by atoms with Gasteiger partial charge in [0, 0.05) is 5.56 Å². The average molecular weight is 412 g/mol. The number of aromatic amines is 1. The predicted octanol–water partition coefficient (Wildman–Crippen LogP) is 0.296. The van der Waals surface area contributed by atoms with Crippen molar-refractivity contribution in [1.82, 2.24) is 24.5 Å². The Balaban J connectivity index is 1.56. The first kappa shape index (κ1) is 18.8. The normalized spacial score (nSPS) is 11.8. The maximum Gasteiger partial charge on any atom is 0.328 e. The zero-order valence-corrected chi connectivity index (χ0v) is 15.8. The predicted molar refractivity (Wildman–Crippen MR) is 106 cm³/mol. The van der Waals surface area contributed by atoms with E-state index < -0.39 is 15.7 Å². The van der Waals surface area contributed by atoms with Crippen LogP contribution in [0.3, 0.4) is 0 Å². The van der Waals surface area contributed by atoms with Gasteiger partial charge < -0.3 is 4.98 Å². The summed E-state index contributed by atoms with van der Waals surface area (Å²) in [6, 6.07) is 12.7. The number of fused-ring (bicyclic) bond motifs is 1. The molecule has 3 N–H and O–H groups in total. The standard InChI is InChI=1S/C18H16N6O4S/c19-29(27,28)13-7-5-12(6-8-13)16-11-23(22-21-16)9-10-24-17(25)14-3-1-2-4-15(14)20-18(24)26/h1-8,11H,9-10H2,(H,20,26)(H2,19,27,28). The molecular formula is C18H16N6O4S. The van der Waals surface area contributed by atoms with Crippen LogP contribution < -0.4 is 16.4 Å². The van der Waals surface area contributed by atoms with E-state index in [1.807, 2.05) is 0 Å². The molecule has 0 aliphatic carbocycles. The number of aryl methyl sites for hydroxylation is 1. The van der Waals surface area contributed by atoms with Gasteiger partial charge in [0.25, 0.3) is 5.56 Å². The van der Waals surface area contributed by atoms with Gasteiger partial charge in [-0.1, -0.05) is 29.5 Å². The summed E-state index contributed by atoms with van der Waals surface area (Å²) in [7, 11) is -3.77. The van der Waals surface area contributed by atoms with Crippen molar-refractivity contribution >= 4 is 20.9 Å². The van der Waals surface area contributed by atoms with E-state index >= 15 is 0 Å². The molecule has 4 aromatic rings. The molecule has 10 nitrogen and oxygen atoms in total. The van der Waals surface area contributed by atoms with Crippen LogP contribution in [-0.2, 0) is 23.1 Å². The lowest BCUT2D eigenvalue weighted by atomic mass is 10.2. The number of rotatable bonds is 5. The molecule has 29 heavy (non-hydrogen) atoms. The first-order valence-electron chi connectivity index (χ1n) is 8.58. The van der Waals surface area contributed by atoms with Crippen molar-refractivity contribution in [3.05, 3.63) is 75.6 Å². The molecule has 0 bridgehead atoms. The van der Waals surface area contributed by atoms with Crippen LogP contribution in [0.25, 0.3) is 22.2 Å². The maximum absolute atomic E-state index is 12.5. The molecule has 2 aromatic heterocycles. The molecule has 0 amide bonds. The Morgan fingerprint density at radius 1 is 1.00 bits per heavy atom. The van der Waals surface area contributed by atoms with Crippen LogP contribution >= 0.6 is 0 Å². The molecular weight excluding hydrogens is 396 g/mol. The Hall–Kier alpha value is -3.57. The van der Waals surface area contributed by atoms with Crippen molar-refractivity contribution in [3.63, 3.8) is 0 Å². The molecule has 4 rings (SSSR count). The molecule has 0 fully saturated rings. The lowest BCUT2D eigenvalue weighted by Crippen LogP contribution is -2.36. The zero-order chi connectivity index (χ0) is 20.6. The Labute approximate surface area is 164 Å². The molecule has 0 atom stereocenters. The van der Waals surface area contributed by atoms with E-state index in [-0.39, 0.29) is 23.5 Å². The summed E-state index contributed by atoms with van der Waals surface area (Å²) in [5, 5.41) is 13.6. The maximum atomic E-state index is 12.5. The minimum Gasteiger partial charge on any atom is -0.307 e. The summed E-state index contributed by atoms with van der Waals surface area (Å²) in [6.45, 7) is 0.371. The monoisotopic (exact) mass is 412 g/mol. The number of para-hydroxylation sites is 1. The van der Waals surface area contributed by atoms with Gasteiger partial charge in [-0.05, 0) is 24.3 Å². The SMILES string of the molecule is NS(=O)(=O)c1ccc(-c2cn(CCn3c(=O)[nH]c4ccccc4c3=O)nn2)cc1. The fourth-order valence-electron chi connectivity index (χ4n) is 2.96. The third-order valence-electron chi connectivity index (χ3n) is 4.46. The fourth-order valence-corrected chi connectivity index (χ4v) is 3.48. The van der Waals surface area contributed by atoms with E-state index in [2.05, 4.69) is 15.3 Å². The molecule has 148 valence electrons. The smallest absolute Gasteiger partial charge is 0.307 e. The molecule has 0 saturated carbocycles. The molecule has 2 heterocycles. The molecule has 0 aliphatic rings. The van der Waals surface area contributed by atoms with E-state index in [1.54, 1.807) is 42.6 Å². The summed E-state index contributed by atoms with van der Waals surface area (Å²) >= 11 is 0. The quantitative estimate of drug-likeness (QED) is 0.482. The van der Waals surface area contributed by atoms with Crippen molar-refractivity contribution in [2.75, 3.05) is 0 Å². The van der Waals surface area contributed by atoms with Crippen molar-refractivity contribution in [1.29, 1.82) is 0 Å². The van der Waals surface area contributed by atoms with Crippen LogP contribution in [-0.4, -0.2) is 33.0 Å².